The van der Waals surface area contributed by atoms with Crippen LogP contribution in [-0.2, 0) is 15.1 Å². The zero-order valence-corrected chi connectivity index (χ0v) is 15.4. The Bertz CT molecular complexity index is 518. The summed E-state index contributed by atoms with van der Waals surface area (Å²) in [6.07, 6.45) is 3.25. The van der Waals surface area contributed by atoms with Crippen molar-refractivity contribution < 1.29 is 9.53 Å². The molecule has 0 heterocycles. The van der Waals surface area contributed by atoms with Crippen LogP contribution in [0.5, 0.6) is 0 Å². The zero-order chi connectivity index (χ0) is 17.5. The van der Waals surface area contributed by atoms with Gasteiger partial charge >= 0.3 is 5.97 Å². The van der Waals surface area contributed by atoms with E-state index >= 15 is 0 Å². The molecule has 3 heteroatoms. The molecular weight excluding hydrogens is 286 g/mol. The van der Waals surface area contributed by atoms with Crippen LogP contribution in [-0.4, -0.2) is 31.5 Å². The first-order valence-corrected chi connectivity index (χ1v) is 8.37. The van der Waals surface area contributed by atoms with E-state index in [9.17, 15) is 4.79 Å². The van der Waals surface area contributed by atoms with Crippen LogP contribution in [0.1, 0.15) is 46.1 Å². The average Bonchev–Trinajstić information content (AvgIpc) is 2.51. The van der Waals surface area contributed by atoms with Gasteiger partial charge in [0, 0.05) is 25.3 Å². The average molecular weight is 317 g/mol. The SMILES string of the molecule is CCC(=O)OC(CC=C(C)C)(c1ccccc1)C(C)CN(C)C. The maximum atomic E-state index is 12.2. The minimum absolute atomic E-state index is 0.151. The molecule has 0 bridgehead atoms. The Hall–Kier alpha value is -1.61. The van der Waals surface area contributed by atoms with E-state index < -0.39 is 5.60 Å². The predicted octanol–water partition coefficient (Wildman–Crippen LogP) is 4.39. The van der Waals surface area contributed by atoms with Gasteiger partial charge in [-0.05, 0) is 33.5 Å². The van der Waals surface area contributed by atoms with E-state index in [-0.39, 0.29) is 11.9 Å². The Morgan fingerprint density at radius 2 is 1.87 bits per heavy atom. The molecule has 0 fully saturated rings. The van der Waals surface area contributed by atoms with Gasteiger partial charge in [0.25, 0.3) is 0 Å². The second kappa shape index (κ2) is 8.88. The van der Waals surface area contributed by atoms with Gasteiger partial charge < -0.3 is 9.64 Å². The molecule has 0 aliphatic heterocycles. The monoisotopic (exact) mass is 317 g/mol. The number of carbonyl (C=O) groups is 1. The first-order chi connectivity index (χ1) is 10.8. The van der Waals surface area contributed by atoms with Crippen molar-refractivity contribution in [3.63, 3.8) is 0 Å². The van der Waals surface area contributed by atoms with Crippen molar-refractivity contribution in [2.75, 3.05) is 20.6 Å². The molecule has 0 spiro atoms. The van der Waals surface area contributed by atoms with Crippen molar-refractivity contribution in [1.82, 2.24) is 4.90 Å². The molecule has 0 N–H and O–H groups in total. The van der Waals surface area contributed by atoms with Crippen LogP contribution in [0.2, 0.25) is 0 Å². The summed E-state index contributed by atoms with van der Waals surface area (Å²) >= 11 is 0. The van der Waals surface area contributed by atoms with Crippen LogP contribution in [0.25, 0.3) is 0 Å². The molecule has 0 aliphatic carbocycles. The number of nitrogens with zero attached hydrogens (tertiary/aromatic N) is 1. The van der Waals surface area contributed by atoms with Crippen molar-refractivity contribution in [2.24, 2.45) is 5.92 Å². The quantitative estimate of drug-likeness (QED) is 0.526. The van der Waals surface area contributed by atoms with E-state index in [1.54, 1.807) is 0 Å². The molecule has 3 nitrogen and oxygen atoms in total. The first-order valence-electron chi connectivity index (χ1n) is 8.37. The normalized spacial score (nSPS) is 14.9. The smallest absolute Gasteiger partial charge is 0.306 e. The number of carbonyl (C=O) groups excluding carboxylic acids is 1. The summed E-state index contributed by atoms with van der Waals surface area (Å²) in [5.41, 5.74) is 1.67. The molecule has 2 atom stereocenters. The molecule has 2 unspecified atom stereocenters. The Kier molecular flexibility index (Phi) is 7.50. The molecule has 128 valence electrons. The van der Waals surface area contributed by atoms with Crippen molar-refractivity contribution in [3.8, 4) is 0 Å². The van der Waals surface area contributed by atoms with E-state index in [1.165, 1.54) is 5.57 Å². The van der Waals surface area contributed by atoms with Gasteiger partial charge in [-0.1, -0.05) is 55.8 Å². The minimum Gasteiger partial charge on any atom is -0.453 e. The lowest BCUT2D eigenvalue weighted by molar-refractivity contribution is -0.167. The van der Waals surface area contributed by atoms with Crippen molar-refractivity contribution in [3.05, 3.63) is 47.5 Å². The minimum atomic E-state index is -0.629. The molecule has 0 amide bonds. The molecule has 0 saturated carbocycles. The molecule has 1 aromatic rings. The van der Waals surface area contributed by atoms with Gasteiger partial charge in [0.05, 0.1) is 0 Å². The highest BCUT2D eigenvalue weighted by atomic mass is 16.6. The van der Waals surface area contributed by atoms with Crippen molar-refractivity contribution in [1.29, 1.82) is 0 Å². The topological polar surface area (TPSA) is 29.5 Å². The summed E-state index contributed by atoms with van der Waals surface area (Å²) in [6.45, 7) is 9.01. The Labute approximate surface area is 141 Å². The highest BCUT2D eigenvalue weighted by Crippen LogP contribution is 2.39. The largest absolute Gasteiger partial charge is 0.453 e. The van der Waals surface area contributed by atoms with E-state index in [0.717, 1.165) is 12.1 Å². The second-order valence-electron chi connectivity index (χ2n) is 6.73. The van der Waals surface area contributed by atoms with Crippen LogP contribution in [0.3, 0.4) is 0 Å². The summed E-state index contributed by atoms with van der Waals surface area (Å²) in [6, 6.07) is 10.1. The molecule has 0 aliphatic rings. The predicted molar refractivity (Wildman–Crippen MR) is 96.3 cm³/mol. The molecule has 0 aromatic heterocycles. The fraction of sp³-hybridized carbons (Fsp3) is 0.550. The van der Waals surface area contributed by atoms with Gasteiger partial charge in [-0.15, -0.1) is 0 Å². The highest BCUT2D eigenvalue weighted by Gasteiger charge is 2.41. The number of hydrogen-bond acceptors (Lipinski definition) is 3. The van der Waals surface area contributed by atoms with Gasteiger partial charge in [0.2, 0.25) is 0 Å². The number of rotatable bonds is 8. The number of benzene rings is 1. The van der Waals surface area contributed by atoms with Crippen LogP contribution in [0.15, 0.2) is 42.0 Å². The number of esters is 1. The van der Waals surface area contributed by atoms with Crippen LogP contribution in [0, 0.1) is 5.92 Å². The highest BCUT2D eigenvalue weighted by molar-refractivity contribution is 5.69. The fourth-order valence-electron chi connectivity index (χ4n) is 2.85. The molecule has 1 aromatic carbocycles. The van der Waals surface area contributed by atoms with Gasteiger partial charge in [-0.2, -0.15) is 0 Å². The second-order valence-corrected chi connectivity index (χ2v) is 6.73. The van der Waals surface area contributed by atoms with E-state index in [4.69, 9.17) is 4.74 Å². The van der Waals surface area contributed by atoms with Crippen LogP contribution >= 0.6 is 0 Å². The lowest BCUT2D eigenvalue weighted by atomic mass is 9.78. The molecule has 23 heavy (non-hydrogen) atoms. The summed E-state index contributed by atoms with van der Waals surface area (Å²) < 4.78 is 6.08. The maximum Gasteiger partial charge on any atom is 0.306 e. The van der Waals surface area contributed by atoms with Gasteiger partial charge in [0.15, 0.2) is 0 Å². The van der Waals surface area contributed by atoms with E-state index in [1.807, 2.05) is 25.1 Å². The molecule has 0 radical (unpaired) electrons. The molecular formula is C20H31NO2. The van der Waals surface area contributed by atoms with Crippen LogP contribution in [0.4, 0.5) is 0 Å². The van der Waals surface area contributed by atoms with Gasteiger partial charge in [-0.3, -0.25) is 4.79 Å². The summed E-state index contributed by atoms with van der Waals surface area (Å²) in [7, 11) is 4.10. The number of allylic oxidation sites excluding steroid dienone is 1. The maximum absolute atomic E-state index is 12.2. The Morgan fingerprint density at radius 1 is 1.26 bits per heavy atom. The number of hydrogen-bond donors (Lipinski definition) is 0. The lowest BCUT2D eigenvalue weighted by Gasteiger charge is -2.40. The lowest BCUT2D eigenvalue weighted by Crippen LogP contribution is -2.42. The van der Waals surface area contributed by atoms with Crippen molar-refractivity contribution in [2.45, 2.75) is 46.1 Å². The molecule has 1 rings (SSSR count). The summed E-state index contributed by atoms with van der Waals surface area (Å²) in [5.74, 6) is 0.0209. The van der Waals surface area contributed by atoms with Gasteiger partial charge in [-0.25, -0.2) is 0 Å². The first kappa shape index (κ1) is 19.4. The third-order valence-electron chi connectivity index (χ3n) is 4.10. The summed E-state index contributed by atoms with van der Waals surface area (Å²) in [4.78, 5) is 14.3. The van der Waals surface area contributed by atoms with Crippen molar-refractivity contribution >= 4 is 5.97 Å². The Morgan fingerprint density at radius 3 is 2.35 bits per heavy atom. The van der Waals surface area contributed by atoms with Gasteiger partial charge in [0.1, 0.15) is 5.60 Å². The molecule has 0 saturated heterocycles. The third-order valence-corrected chi connectivity index (χ3v) is 4.10. The number of ether oxygens (including phenoxy) is 1. The van der Waals surface area contributed by atoms with Crippen LogP contribution < -0.4 is 0 Å². The van der Waals surface area contributed by atoms with E-state index in [2.05, 4.69) is 58.0 Å². The third kappa shape index (κ3) is 5.51. The summed E-state index contributed by atoms with van der Waals surface area (Å²) in [5, 5.41) is 0. The standard InChI is InChI=1S/C20H31NO2/c1-7-19(22)23-20(14-13-16(2)3,17(4)15-21(5)6)18-11-9-8-10-12-18/h8-13,17H,7,14-15H2,1-6H3. The fourth-order valence-corrected chi connectivity index (χ4v) is 2.85. The zero-order valence-electron chi connectivity index (χ0n) is 15.4. The van der Waals surface area contributed by atoms with E-state index in [0.29, 0.717) is 12.8 Å². The Balaban J connectivity index is 3.36.